The minimum Gasteiger partial charge on any atom is -0.367 e. The van der Waals surface area contributed by atoms with Gasteiger partial charge in [0.2, 0.25) is 5.62 Å². The fourth-order valence-corrected chi connectivity index (χ4v) is 4.18. The van der Waals surface area contributed by atoms with Gasteiger partial charge in [-0.2, -0.15) is 0 Å². The molecule has 2 aromatic carbocycles. The van der Waals surface area contributed by atoms with Crippen LogP contribution in [0.2, 0.25) is 5.02 Å². The average molecular weight is 485 g/mol. The van der Waals surface area contributed by atoms with Gasteiger partial charge in [0.25, 0.3) is 0 Å². The van der Waals surface area contributed by atoms with Crippen molar-refractivity contribution in [3.63, 3.8) is 0 Å². The van der Waals surface area contributed by atoms with Crippen molar-refractivity contribution < 1.29 is 4.39 Å². The first-order valence-corrected chi connectivity index (χ1v) is 11.4. The third kappa shape index (κ3) is 5.02. The maximum atomic E-state index is 13.5. The van der Waals surface area contributed by atoms with Gasteiger partial charge in [-0.25, -0.2) is 4.39 Å². The molecule has 4 rings (SSSR count). The molecule has 1 aliphatic heterocycles. The van der Waals surface area contributed by atoms with Gasteiger partial charge in [0, 0.05) is 42.8 Å². The van der Waals surface area contributed by atoms with E-state index in [1.165, 1.54) is 12.1 Å². The van der Waals surface area contributed by atoms with Crippen molar-refractivity contribution >= 4 is 35.3 Å². The van der Waals surface area contributed by atoms with Crippen LogP contribution in [0.3, 0.4) is 0 Å². The summed E-state index contributed by atoms with van der Waals surface area (Å²) in [4.78, 5) is 4.70. The van der Waals surface area contributed by atoms with Crippen molar-refractivity contribution in [3.05, 3.63) is 85.9 Å². The Balaban J connectivity index is 1.89. The van der Waals surface area contributed by atoms with E-state index in [1.807, 2.05) is 40.4 Å². The lowest BCUT2D eigenvalue weighted by molar-refractivity contribution is 0.268. The lowest BCUT2D eigenvalue weighted by atomic mass is 9.93. The minimum atomic E-state index is -0.319. The van der Waals surface area contributed by atoms with E-state index in [9.17, 15) is 4.39 Å². The van der Waals surface area contributed by atoms with E-state index < -0.39 is 0 Å². The lowest BCUT2D eigenvalue weighted by Gasteiger charge is -2.29. The van der Waals surface area contributed by atoms with Crippen molar-refractivity contribution in [3.8, 4) is 0 Å². The number of halogens is 2. The van der Waals surface area contributed by atoms with Crippen molar-refractivity contribution in [1.29, 1.82) is 5.41 Å². The topological polar surface area (TPSA) is 70.1 Å². The Morgan fingerprint density at radius 2 is 1.85 bits per heavy atom. The number of aromatic nitrogens is 2. The van der Waals surface area contributed by atoms with Gasteiger partial charge >= 0.3 is 0 Å². The Bertz CT molecular complexity index is 1420. The quantitative estimate of drug-likeness (QED) is 0.486. The molecule has 0 unspecified atom stereocenters. The van der Waals surface area contributed by atoms with Crippen LogP contribution in [0.1, 0.15) is 19.4 Å². The van der Waals surface area contributed by atoms with Gasteiger partial charge in [0.05, 0.1) is 5.22 Å². The minimum absolute atomic E-state index is 0.0675. The number of nitrogens with zero attached hydrogens (tertiary/aromatic N) is 3. The van der Waals surface area contributed by atoms with Crippen LogP contribution in [-0.2, 0) is 20.1 Å². The molecule has 9 heteroatoms. The highest BCUT2D eigenvalue weighted by Gasteiger charge is 2.24. The predicted octanol–water partition coefficient (Wildman–Crippen LogP) is 3.46. The summed E-state index contributed by atoms with van der Waals surface area (Å²) in [5, 5.41) is 17.0. The largest absolute Gasteiger partial charge is 0.367 e. The zero-order chi connectivity index (χ0) is 23.8. The summed E-state index contributed by atoms with van der Waals surface area (Å²) in [5.41, 5.74) is 2.59. The fourth-order valence-electron chi connectivity index (χ4n) is 3.77. The molecule has 2 heterocycles. The molecule has 0 spiro atoms. The van der Waals surface area contributed by atoms with Crippen molar-refractivity contribution in [2.45, 2.75) is 26.9 Å². The molecule has 0 bridgehead atoms. The molecule has 0 saturated heterocycles. The van der Waals surface area contributed by atoms with E-state index in [4.69, 9.17) is 34.2 Å². The normalized spacial score (nSPS) is 15.3. The summed E-state index contributed by atoms with van der Waals surface area (Å²) in [6.07, 6.45) is 0. The van der Waals surface area contributed by atoms with Crippen LogP contribution in [0.5, 0.6) is 0 Å². The summed E-state index contributed by atoms with van der Waals surface area (Å²) < 4.78 is 17.7. The van der Waals surface area contributed by atoms with Gasteiger partial charge in [0.15, 0.2) is 0 Å². The molecule has 6 nitrogen and oxygen atoms in total. The Morgan fingerprint density at radius 1 is 1.18 bits per heavy atom. The molecule has 3 aromatic rings. The van der Waals surface area contributed by atoms with Gasteiger partial charge in [-0.3, -0.25) is 15.0 Å². The molecule has 172 valence electrons. The first-order chi connectivity index (χ1) is 15.6. The molecule has 0 aliphatic carbocycles. The van der Waals surface area contributed by atoms with Crippen molar-refractivity contribution in [2.75, 3.05) is 11.9 Å². The maximum absolute atomic E-state index is 13.5. The smallest absolute Gasteiger partial charge is 0.207 e. The second kappa shape index (κ2) is 9.11. The van der Waals surface area contributed by atoms with Gasteiger partial charge in [0.1, 0.15) is 21.8 Å². The van der Waals surface area contributed by atoms with Crippen LogP contribution in [-0.4, -0.2) is 15.7 Å². The Morgan fingerprint density at radius 3 is 2.52 bits per heavy atom. The molecule has 3 N–H and O–H groups in total. The lowest BCUT2D eigenvalue weighted by Crippen LogP contribution is -2.55. The van der Waals surface area contributed by atoms with Crippen molar-refractivity contribution in [2.24, 2.45) is 17.5 Å². The standard InChI is InChI=1S/C24H26ClFN6S/c1-24(2)13-29-23-31(3)22(33)19(20(27)32(23)14-24)21(30-18-10-8-17(26)9-11-18)28-12-15-4-6-16(25)7-5-15/h4-11,27-28,30H,12-14H2,1-3H3/b21-19-,27-20?. The van der Waals surface area contributed by atoms with E-state index in [-0.39, 0.29) is 16.7 Å². The SMILES string of the molecule is Cn1c(=S)/c(=C(/NCc2ccc(Cl)cc2)Nc2ccc(F)cc2)c(=N)n2c1=NCC(C)(C)C2. The van der Waals surface area contributed by atoms with E-state index in [2.05, 4.69) is 24.5 Å². The van der Waals surface area contributed by atoms with Crippen LogP contribution in [0.4, 0.5) is 10.1 Å². The van der Waals surface area contributed by atoms with E-state index in [1.54, 1.807) is 12.1 Å². The number of nitrogens with one attached hydrogen (secondary N) is 3. The van der Waals surface area contributed by atoms with Crippen LogP contribution < -0.4 is 27.0 Å². The van der Waals surface area contributed by atoms with Crippen LogP contribution in [0, 0.1) is 21.3 Å². The number of rotatable bonds is 5. The highest BCUT2D eigenvalue weighted by Crippen LogP contribution is 2.18. The zero-order valence-electron chi connectivity index (χ0n) is 18.7. The molecule has 1 aliphatic rings. The third-order valence-electron chi connectivity index (χ3n) is 5.55. The molecular formula is C24H26ClFN6S. The maximum Gasteiger partial charge on any atom is 0.207 e. The highest BCUT2D eigenvalue weighted by molar-refractivity contribution is 7.71. The molecule has 1 aromatic heterocycles. The number of fused-ring (bicyclic) bond motifs is 1. The molecule has 33 heavy (non-hydrogen) atoms. The van der Waals surface area contributed by atoms with E-state index in [0.717, 1.165) is 5.56 Å². The number of anilines is 1. The van der Waals surface area contributed by atoms with E-state index in [0.29, 0.717) is 51.6 Å². The summed E-state index contributed by atoms with van der Waals surface area (Å²) in [5.74, 6) is 0.252. The van der Waals surface area contributed by atoms with Crippen LogP contribution in [0.25, 0.3) is 5.82 Å². The van der Waals surface area contributed by atoms with Gasteiger partial charge < -0.3 is 15.2 Å². The fraction of sp³-hybridized carbons (Fsp3) is 0.292. The summed E-state index contributed by atoms with van der Waals surface area (Å²) in [6.45, 7) is 6.08. The van der Waals surface area contributed by atoms with Gasteiger partial charge in [-0.15, -0.1) is 0 Å². The molecule has 0 atom stereocenters. The van der Waals surface area contributed by atoms with E-state index >= 15 is 0 Å². The molecule has 0 radical (unpaired) electrons. The van der Waals surface area contributed by atoms with Crippen molar-refractivity contribution in [1.82, 2.24) is 14.5 Å². The number of hydrogen-bond donors (Lipinski definition) is 3. The molecule has 0 amide bonds. The zero-order valence-corrected chi connectivity index (χ0v) is 20.3. The van der Waals surface area contributed by atoms with Gasteiger partial charge in [-0.05, 0) is 42.0 Å². The Labute approximate surface area is 201 Å². The second-order valence-electron chi connectivity index (χ2n) is 8.94. The summed E-state index contributed by atoms with van der Waals surface area (Å²) in [6, 6.07) is 13.6. The summed E-state index contributed by atoms with van der Waals surface area (Å²) >= 11 is 11.8. The average Bonchev–Trinajstić information content (AvgIpc) is 2.78. The Kier molecular flexibility index (Phi) is 6.41. The third-order valence-corrected chi connectivity index (χ3v) is 6.28. The highest BCUT2D eigenvalue weighted by atomic mass is 35.5. The monoisotopic (exact) mass is 484 g/mol. The molecule has 0 saturated carbocycles. The first kappa shape index (κ1) is 23.2. The van der Waals surface area contributed by atoms with Gasteiger partial charge in [-0.1, -0.05) is 49.8 Å². The second-order valence-corrected chi connectivity index (χ2v) is 9.76. The first-order valence-electron chi connectivity index (χ1n) is 10.6. The number of hydrogen-bond acceptors (Lipinski definition) is 5. The summed E-state index contributed by atoms with van der Waals surface area (Å²) in [7, 11) is 1.87. The molecular weight excluding hydrogens is 459 g/mol. The predicted molar refractivity (Wildman–Crippen MR) is 131 cm³/mol. The van der Waals surface area contributed by atoms with Crippen LogP contribution in [0.15, 0.2) is 53.5 Å². The Hall–Kier alpha value is -2.97. The van der Waals surface area contributed by atoms with Crippen LogP contribution >= 0.6 is 23.8 Å². The number of benzene rings is 2. The molecule has 0 fully saturated rings.